The highest BCUT2D eigenvalue weighted by atomic mass is 16.5. The lowest BCUT2D eigenvalue weighted by Gasteiger charge is -2.18. The first kappa shape index (κ1) is 19.2. The number of fused-ring (bicyclic) bond motifs is 1. The number of hydrogen-bond donors (Lipinski definition) is 1. The van der Waals surface area contributed by atoms with Gasteiger partial charge >= 0.3 is 0 Å². The van der Waals surface area contributed by atoms with E-state index in [9.17, 15) is 4.79 Å². The number of ether oxygens (including phenoxy) is 1. The molecule has 1 heterocycles. The molecule has 0 saturated heterocycles. The number of hydrogen-bond acceptors (Lipinski definition) is 3. The fourth-order valence-corrected chi connectivity index (χ4v) is 3.19. The third-order valence-electron chi connectivity index (χ3n) is 4.59. The zero-order chi connectivity index (χ0) is 19.4. The van der Waals surface area contributed by atoms with Gasteiger partial charge in [0.05, 0.1) is 6.61 Å². The lowest BCUT2D eigenvalue weighted by atomic mass is 10.1. The van der Waals surface area contributed by atoms with Crippen LogP contribution in [0.2, 0.25) is 0 Å². The number of H-pyrrole nitrogens is 1. The normalized spacial score (nSPS) is 11.5. The van der Waals surface area contributed by atoms with Crippen LogP contribution in [0.1, 0.15) is 30.7 Å². The molecule has 0 atom stereocenters. The molecule has 0 unspecified atom stereocenters. The van der Waals surface area contributed by atoms with Crippen LogP contribution in [0.5, 0.6) is 5.75 Å². The zero-order valence-electron chi connectivity index (χ0n) is 16.6. The van der Waals surface area contributed by atoms with Gasteiger partial charge in [-0.25, -0.2) is 0 Å². The topological polar surface area (TPSA) is 45.3 Å². The number of nitrogens with one attached hydrogen (secondary N) is 1. The Balaban J connectivity index is 1.87. The fraction of sp³-hybridized carbons (Fsp3) is 0.348. The van der Waals surface area contributed by atoms with Crippen molar-refractivity contribution >= 4 is 10.9 Å². The smallest absolute Gasteiger partial charge is 0.194 e. The highest BCUT2D eigenvalue weighted by molar-refractivity contribution is 5.81. The molecule has 0 fully saturated rings. The predicted octanol–water partition coefficient (Wildman–Crippen LogP) is 4.50. The van der Waals surface area contributed by atoms with Crippen molar-refractivity contribution in [2.24, 2.45) is 5.92 Å². The number of benzene rings is 2. The Morgan fingerprint density at radius 1 is 1.07 bits per heavy atom. The number of rotatable bonds is 7. The standard InChI is InChI=1S/C23H28N2O2/c1-16(2)15-27-19-10-11-22-20(12-19)23(26)21(17(3)24-22)14-25(4)13-18-8-6-5-7-9-18/h5-12,16H,13-15H2,1-4H3,(H,24,26). The van der Waals surface area contributed by atoms with Gasteiger partial charge in [-0.3, -0.25) is 9.69 Å². The summed E-state index contributed by atoms with van der Waals surface area (Å²) in [7, 11) is 2.04. The molecule has 4 heteroatoms. The fourth-order valence-electron chi connectivity index (χ4n) is 3.19. The molecule has 0 radical (unpaired) electrons. The van der Waals surface area contributed by atoms with E-state index in [-0.39, 0.29) is 5.43 Å². The minimum atomic E-state index is 0.0798. The Bertz CT molecular complexity index is 961. The molecule has 4 nitrogen and oxygen atoms in total. The quantitative estimate of drug-likeness (QED) is 0.671. The predicted molar refractivity (Wildman–Crippen MR) is 111 cm³/mol. The molecular weight excluding hydrogens is 336 g/mol. The van der Waals surface area contributed by atoms with Gasteiger partial charge in [0, 0.05) is 35.2 Å². The van der Waals surface area contributed by atoms with Gasteiger partial charge in [0.25, 0.3) is 0 Å². The Morgan fingerprint density at radius 3 is 2.52 bits per heavy atom. The van der Waals surface area contributed by atoms with E-state index >= 15 is 0 Å². The molecule has 0 aliphatic heterocycles. The molecule has 0 spiro atoms. The van der Waals surface area contributed by atoms with Crippen molar-refractivity contribution in [2.75, 3.05) is 13.7 Å². The molecule has 3 aromatic rings. The molecular formula is C23H28N2O2. The first-order valence-corrected chi connectivity index (χ1v) is 9.45. The summed E-state index contributed by atoms with van der Waals surface area (Å²) >= 11 is 0. The van der Waals surface area contributed by atoms with Crippen molar-refractivity contribution in [3.8, 4) is 5.75 Å². The van der Waals surface area contributed by atoms with E-state index in [4.69, 9.17) is 4.74 Å². The van der Waals surface area contributed by atoms with Gasteiger partial charge in [0.1, 0.15) is 5.75 Å². The summed E-state index contributed by atoms with van der Waals surface area (Å²) in [5.41, 5.74) is 3.89. The second kappa shape index (κ2) is 8.40. The molecule has 0 aliphatic carbocycles. The maximum atomic E-state index is 13.1. The van der Waals surface area contributed by atoms with Gasteiger partial charge in [-0.1, -0.05) is 44.2 Å². The maximum absolute atomic E-state index is 13.1. The van der Waals surface area contributed by atoms with E-state index in [1.165, 1.54) is 5.56 Å². The van der Waals surface area contributed by atoms with E-state index < -0.39 is 0 Å². The van der Waals surface area contributed by atoms with Gasteiger partial charge in [0.15, 0.2) is 5.43 Å². The molecule has 0 bridgehead atoms. The first-order chi connectivity index (χ1) is 12.9. The second-order valence-electron chi connectivity index (χ2n) is 7.63. The Hall–Kier alpha value is -2.59. The van der Waals surface area contributed by atoms with E-state index in [0.29, 0.717) is 24.5 Å². The van der Waals surface area contributed by atoms with Crippen molar-refractivity contribution in [3.63, 3.8) is 0 Å². The maximum Gasteiger partial charge on any atom is 0.194 e. The highest BCUT2D eigenvalue weighted by Crippen LogP contribution is 2.20. The molecule has 0 saturated carbocycles. The number of aryl methyl sites for hydroxylation is 1. The summed E-state index contributed by atoms with van der Waals surface area (Å²) in [6.45, 7) is 8.23. The number of aromatic amines is 1. The zero-order valence-corrected chi connectivity index (χ0v) is 16.6. The molecule has 142 valence electrons. The highest BCUT2D eigenvalue weighted by Gasteiger charge is 2.13. The van der Waals surface area contributed by atoms with Gasteiger partial charge < -0.3 is 9.72 Å². The lowest BCUT2D eigenvalue weighted by molar-refractivity contribution is 0.271. The van der Waals surface area contributed by atoms with Crippen LogP contribution in [0.4, 0.5) is 0 Å². The Labute approximate surface area is 160 Å². The summed E-state index contributed by atoms with van der Waals surface area (Å²) in [5, 5.41) is 0.685. The van der Waals surface area contributed by atoms with Gasteiger partial charge in [-0.2, -0.15) is 0 Å². The average molecular weight is 364 g/mol. The van der Waals surface area contributed by atoms with E-state index in [1.54, 1.807) is 0 Å². The summed E-state index contributed by atoms with van der Waals surface area (Å²) in [5.74, 6) is 1.19. The molecule has 3 rings (SSSR count). The van der Waals surface area contributed by atoms with Crippen LogP contribution in [0, 0.1) is 12.8 Å². The summed E-state index contributed by atoms with van der Waals surface area (Å²) in [6.07, 6.45) is 0. The lowest BCUT2D eigenvalue weighted by Crippen LogP contribution is -2.24. The van der Waals surface area contributed by atoms with Crippen molar-refractivity contribution < 1.29 is 4.74 Å². The van der Waals surface area contributed by atoms with Crippen LogP contribution in [-0.4, -0.2) is 23.5 Å². The molecule has 27 heavy (non-hydrogen) atoms. The van der Waals surface area contributed by atoms with Gasteiger partial charge in [-0.15, -0.1) is 0 Å². The number of aromatic nitrogens is 1. The van der Waals surface area contributed by atoms with Crippen LogP contribution in [-0.2, 0) is 13.1 Å². The molecule has 1 aromatic heterocycles. The Kier molecular flexibility index (Phi) is 5.97. The van der Waals surface area contributed by atoms with Crippen molar-refractivity contribution in [2.45, 2.75) is 33.9 Å². The van der Waals surface area contributed by atoms with Crippen LogP contribution in [0.15, 0.2) is 53.3 Å². The van der Waals surface area contributed by atoms with Crippen LogP contribution >= 0.6 is 0 Å². The van der Waals surface area contributed by atoms with Crippen molar-refractivity contribution in [1.82, 2.24) is 9.88 Å². The Morgan fingerprint density at radius 2 is 1.81 bits per heavy atom. The van der Waals surface area contributed by atoms with Crippen LogP contribution in [0.25, 0.3) is 10.9 Å². The van der Waals surface area contributed by atoms with Crippen molar-refractivity contribution in [3.05, 3.63) is 75.6 Å². The van der Waals surface area contributed by atoms with Gasteiger partial charge in [-0.05, 0) is 43.7 Å². The van der Waals surface area contributed by atoms with E-state index in [0.717, 1.165) is 29.1 Å². The first-order valence-electron chi connectivity index (χ1n) is 9.45. The summed E-state index contributed by atoms with van der Waals surface area (Å²) < 4.78 is 5.80. The molecule has 2 aromatic carbocycles. The molecule has 1 N–H and O–H groups in total. The largest absolute Gasteiger partial charge is 0.493 e. The number of pyridine rings is 1. The molecule has 0 aliphatic rings. The van der Waals surface area contributed by atoms with Crippen LogP contribution in [0.3, 0.4) is 0 Å². The molecule has 0 amide bonds. The summed E-state index contributed by atoms with van der Waals surface area (Å²) in [6, 6.07) is 16.0. The SMILES string of the molecule is Cc1[nH]c2ccc(OCC(C)C)cc2c(=O)c1CN(C)Cc1ccccc1. The van der Waals surface area contributed by atoms with E-state index in [2.05, 4.69) is 35.9 Å². The minimum absolute atomic E-state index is 0.0798. The third kappa shape index (κ3) is 4.77. The summed E-state index contributed by atoms with van der Waals surface area (Å²) in [4.78, 5) is 18.7. The van der Waals surface area contributed by atoms with Gasteiger partial charge in [0.2, 0.25) is 0 Å². The average Bonchev–Trinajstić information content (AvgIpc) is 2.64. The number of nitrogens with zero attached hydrogens (tertiary/aromatic N) is 1. The minimum Gasteiger partial charge on any atom is -0.493 e. The van der Waals surface area contributed by atoms with Crippen LogP contribution < -0.4 is 10.2 Å². The second-order valence-corrected chi connectivity index (χ2v) is 7.63. The monoisotopic (exact) mass is 364 g/mol. The third-order valence-corrected chi connectivity index (χ3v) is 4.59. The van der Waals surface area contributed by atoms with Crippen molar-refractivity contribution in [1.29, 1.82) is 0 Å². The van der Waals surface area contributed by atoms with E-state index in [1.807, 2.05) is 50.4 Å².